The first-order valence-corrected chi connectivity index (χ1v) is 9.29. The van der Waals surface area contributed by atoms with Crippen LogP contribution in [0.2, 0.25) is 0 Å². The van der Waals surface area contributed by atoms with Crippen LogP contribution in [0.5, 0.6) is 11.5 Å². The number of rotatable bonds is 2. The van der Waals surface area contributed by atoms with E-state index in [1.807, 2.05) is 18.2 Å². The largest absolute Gasteiger partial charge is 0.454 e. The summed E-state index contributed by atoms with van der Waals surface area (Å²) in [6.07, 6.45) is 1.13. The Morgan fingerprint density at radius 2 is 1.64 bits per heavy atom. The zero-order chi connectivity index (χ0) is 19.3. The Balaban J connectivity index is 1.51. The van der Waals surface area contributed by atoms with Crippen molar-refractivity contribution in [1.82, 2.24) is 5.32 Å². The van der Waals surface area contributed by atoms with Gasteiger partial charge >= 0.3 is 0 Å². The summed E-state index contributed by atoms with van der Waals surface area (Å²) in [4.78, 5) is 25.4. The molecule has 0 saturated heterocycles. The first kappa shape index (κ1) is 17.0. The van der Waals surface area contributed by atoms with Gasteiger partial charge in [-0.3, -0.25) is 9.59 Å². The Bertz CT molecular complexity index is 1010. The van der Waals surface area contributed by atoms with Gasteiger partial charge in [-0.25, -0.2) is 4.39 Å². The second-order valence-corrected chi connectivity index (χ2v) is 7.39. The first-order chi connectivity index (χ1) is 13.6. The number of halogens is 1. The number of hydrogen-bond donors (Lipinski definition) is 1. The predicted molar refractivity (Wildman–Crippen MR) is 98.5 cm³/mol. The number of nitrogens with one attached hydrogen (secondary N) is 1. The lowest BCUT2D eigenvalue weighted by Gasteiger charge is -2.34. The number of hydrogen-bond acceptors (Lipinski definition) is 4. The lowest BCUT2D eigenvalue weighted by Crippen LogP contribution is -2.38. The highest BCUT2D eigenvalue weighted by molar-refractivity contribution is 6.02. The van der Waals surface area contributed by atoms with E-state index in [0.717, 1.165) is 11.1 Å². The maximum Gasteiger partial charge on any atom is 0.231 e. The summed E-state index contributed by atoms with van der Waals surface area (Å²) in [5.74, 6) is 0.567. The van der Waals surface area contributed by atoms with E-state index in [4.69, 9.17) is 9.47 Å². The van der Waals surface area contributed by atoms with Gasteiger partial charge in [-0.1, -0.05) is 18.2 Å². The molecule has 1 amide bonds. The number of ether oxygens (including phenoxy) is 2. The van der Waals surface area contributed by atoms with Gasteiger partial charge in [0, 0.05) is 30.0 Å². The van der Waals surface area contributed by atoms with Gasteiger partial charge in [0.2, 0.25) is 12.7 Å². The number of Topliss-reactive ketones (excluding diaryl/α,β-unsaturated/α-hetero) is 1. The molecular weight excluding hydrogens is 361 g/mol. The molecule has 0 spiro atoms. The van der Waals surface area contributed by atoms with Crippen LogP contribution in [0.25, 0.3) is 0 Å². The van der Waals surface area contributed by atoms with Crippen molar-refractivity contribution in [2.75, 3.05) is 6.79 Å². The zero-order valence-electron chi connectivity index (χ0n) is 15.0. The quantitative estimate of drug-likeness (QED) is 0.867. The highest BCUT2D eigenvalue weighted by atomic mass is 19.1. The molecule has 2 aromatic carbocycles. The second kappa shape index (κ2) is 6.48. The minimum absolute atomic E-state index is 0.0261. The van der Waals surface area contributed by atoms with Crippen molar-refractivity contribution >= 4 is 11.7 Å². The van der Waals surface area contributed by atoms with Crippen LogP contribution < -0.4 is 14.8 Å². The topological polar surface area (TPSA) is 64.6 Å². The first-order valence-electron chi connectivity index (χ1n) is 9.29. The van der Waals surface area contributed by atoms with Gasteiger partial charge in [0.05, 0.1) is 0 Å². The van der Waals surface area contributed by atoms with Crippen molar-refractivity contribution in [1.29, 1.82) is 0 Å². The summed E-state index contributed by atoms with van der Waals surface area (Å²) < 4.78 is 24.0. The van der Waals surface area contributed by atoms with E-state index < -0.39 is 0 Å². The molecule has 5 nitrogen and oxygen atoms in total. The number of amides is 1. The predicted octanol–water partition coefficient (Wildman–Crippen LogP) is 3.56. The lowest BCUT2D eigenvalue weighted by molar-refractivity contribution is -0.122. The molecule has 142 valence electrons. The SMILES string of the molecule is O=C1C[C@H](c2ccc3c(c2)OCO3)C2=C(C[C@H](c3ccc(F)cc3)CC2=O)N1. The Morgan fingerprint density at radius 1 is 0.893 bits per heavy atom. The molecule has 1 N–H and O–H groups in total. The number of carbonyl (C=O) groups excluding carboxylic acids is 2. The molecule has 0 fully saturated rings. The van der Waals surface area contributed by atoms with E-state index in [1.54, 1.807) is 12.1 Å². The Labute approximate surface area is 161 Å². The van der Waals surface area contributed by atoms with Gasteiger partial charge in [0.25, 0.3) is 0 Å². The van der Waals surface area contributed by atoms with Crippen molar-refractivity contribution in [2.45, 2.75) is 31.1 Å². The minimum atomic E-state index is -0.306. The van der Waals surface area contributed by atoms with E-state index in [-0.39, 0.29) is 42.6 Å². The number of carbonyl (C=O) groups is 2. The molecular formula is C22H18FNO4. The van der Waals surface area contributed by atoms with Crippen molar-refractivity contribution in [3.63, 3.8) is 0 Å². The fraction of sp³-hybridized carbons (Fsp3) is 0.273. The third kappa shape index (κ3) is 2.85. The van der Waals surface area contributed by atoms with Gasteiger partial charge in [0.1, 0.15) is 5.82 Å². The van der Waals surface area contributed by atoms with Crippen LogP contribution in [0.15, 0.2) is 53.7 Å². The molecule has 0 aromatic heterocycles. The molecule has 0 saturated carbocycles. The third-order valence-corrected chi connectivity index (χ3v) is 5.68. The third-order valence-electron chi connectivity index (χ3n) is 5.68. The van der Waals surface area contributed by atoms with E-state index in [2.05, 4.69) is 5.32 Å². The molecule has 28 heavy (non-hydrogen) atoms. The minimum Gasteiger partial charge on any atom is -0.454 e. The van der Waals surface area contributed by atoms with E-state index >= 15 is 0 Å². The van der Waals surface area contributed by atoms with Crippen LogP contribution in [-0.4, -0.2) is 18.5 Å². The van der Waals surface area contributed by atoms with Crippen LogP contribution >= 0.6 is 0 Å². The smallest absolute Gasteiger partial charge is 0.231 e. The van der Waals surface area contributed by atoms with Crippen molar-refractivity contribution in [2.24, 2.45) is 0 Å². The van der Waals surface area contributed by atoms with Crippen LogP contribution in [0.3, 0.4) is 0 Å². The summed E-state index contributed by atoms with van der Waals surface area (Å²) in [6.45, 7) is 0.177. The molecule has 5 rings (SSSR count). The van der Waals surface area contributed by atoms with Crippen LogP contribution in [0, 0.1) is 5.82 Å². The molecule has 2 atom stereocenters. The zero-order valence-corrected chi connectivity index (χ0v) is 15.0. The molecule has 0 bridgehead atoms. The summed E-state index contributed by atoms with van der Waals surface area (Å²) >= 11 is 0. The maximum atomic E-state index is 13.2. The standard InChI is InChI=1S/C22H18FNO4/c23-15-4-1-12(2-5-15)14-7-17-22(18(25)8-14)16(10-21(26)24-17)13-3-6-19-20(9-13)28-11-27-19/h1-6,9,14,16H,7-8,10-11H2,(H,24,26)/t14-,16+/m0/s1. The maximum absolute atomic E-state index is 13.2. The van der Waals surface area contributed by atoms with Crippen molar-refractivity contribution in [3.05, 3.63) is 70.7 Å². The number of benzene rings is 2. The van der Waals surface area contributed by atoms with Gasteiger partial charge in [-0.2, -0.15) is 0 Å². The molecule has 2 heterocycles. The Hall–Kier alpha value is -3.15. The number of fused-ring (bicyclic) bond motifs is 1. The van der Waals surface area contributed by atoms with E-state index in [0.29, 0.717) is 35.6 Å². The van der Waals surface area contributed by atoms with Crippen LogP contribution in [0.4, 0.5) is 4.39 Å². The molecule has 0 unspecified atom stereocenters. The average molecular weight is 379 g/mol. The van der Waals surface area contributed by atoms with Crippen LogP contribution in [-0.2, 0) is 9.59 Å². The highest BCUT2D eigenvalue weighted by Gasteiger charge is 2.38. The van der Waals surface area contributed by atoms with Gasteiger partial charge < -0.3 is 14.8 Å². The highest BCUT2D eigenvalue weighted by Crippen LogP contribution is 2.44. The molecule has 0 radical (unpaired) electrons. The molecule has 6 heteroatoms. The van der Waals surface area contributed by atoms with Crippen LogP contribution in [0.1, 0.15) is 42.2 Å². The fourth-order valence-electron chi connectivity index (χ4n) is 4.35. The Morgan fingerprint density at radius 3 is 2.46 bits per heavy atom. The van der Waals surface area contributed by atoms with Gasteiger partial charge in [-0.05, 0) is 47.7 Å². The molecule has 2 aromatic rings. The monoisotopic (exact) mass is 379 g/mol. The lowest BCUT2D eigenvalue weighted by atomic mass is 9.73. The normalized spacial score (nSPS) is 23.5. The summed E-state index contributed by atoms with van der Waals surface area (Å²) in [5.41, 5.74) is 3.14. The summed E-state index contributed by atoms with van der Waals surface area (Å²) in [5, 5.41) is 2.90. The summed E-state index contributed by atoms with van der Waals surface area (Å²) in [6, 6.07) is 11.8. The van der Waals surface area contributed by atoms with E-state index in [1.165, 1.54) is 12.1 Å². The van der Waals surface area contributed by atoms with Crippen molar-refractivity contribution < 1.29 is 23.5 Å². The van der Waals surface area contributed by atoms with Gasteiger partial charge in [-0.15, -0.1) is 0 Å². The molecule has 1 aliphatic carbocycles. The molecule has 3 aliphatic rings. The second-order valence-electron chi connectivity index (χ2n) is 7.39. The Kier molecular flexibility index (Phi) is 3.93. The number of ketones is 1. The molecule has 2 aliphatic heterocycles. The average Bonchev–Trinajstić information content (AvgIpc) is 3.15. The van der Waals surface area contributed by atoms with E-state index in [9.17, 15) is 14.0 Å². The summed E-state index contributed by atoms with van der Waals surface area (Å²) in [7, 11) is 0. The van der Waals surface area contributed by atoms with Crippen molar-refractivity contribution in [3.8, 4) is 11.5 Å². The number of allylic oxidation sites excluding steroid dienone is 2. The van der Waals surface area contributed by atoms with Gasteiger partial charge in [0.15, 0.2) is 17.3 Å². The fourth-order valence-corrected chi connectivity index (χ4v) is 4.35.